The first-order valence-corrected chi connectivity index (χ1v) is 7.69. The molecule has 0 fully saturated rings. The van der Waals surface area contributed by atoms with Gasteiger partial charge in [-0.25, -0.2) is 0 Å². The molecule has 0 radical (unpaired) electrons. The van der Waals surface area contributed by atoms with E-state index in [1.807, 2.05) is 25.1 Å². The smallest absolute Gasteiger partial charge is 0.123 e. The van der Waals surface area contributed by atoms with Crippen LogP contribution >= 0.6 is 15.9 Å². The van der Waals surface area contributed by atoms with Crippen molar-refractivity contribution in [2.45, 2.75) is 26.4 Å². The highest BCUT2D eigenvalue weighted by atomic mass is 79.9. The van der Waals surface area contributed by atoms with Crippen LogP contribution in [0.2, 0.25) is 0 Å². The van der Waals surface area contributed by atoms with Crippen LogP contribution in [0.1, 0.15) is 31.0 Å². The number of halogens is 1. The Labute approximate surface area is 129 Å². The topological polar surface area (TPSA) is 21.3 Å². The van der Waals surface area contributed by atoms with Crippen molar-refractivity contribution in [3.8, 4) is 5.75 Å². The molecule has 2 rings (SSSR count). The molecule has 20 heavy (non-hydrogen) atoms. The van der Waals surface area contributed by atoms with Crippen LogP contribution in [-0.2, 0) is 6.54 Å². The normalized spacial score (nSPS) is 12.2. The molecule has 2 nitrogen and oxygen atoms in total. The van der Waals surface area contributed by atoms with Crippen LogP contribution in [0.5, 0.6) is 5.75 Å². The third-order valence-corrected chi connectivity index (χ3v) is 3.71. The van der Waals surface area contributed by atoms with Crippen molar-refractivity contribution in [3.63, 3.8) is 0 Å². The molecule has 2 aromatic carbocycles. The Morgan fingerprint density at radius 2 is 1.90 bits per heavy atom. The van der Waals surface area contributed by atoms with Gasteiger partial charge in [0.25, 0.3) is 0 Å². The van der Waals surface area contributed by atoms with Gasteiger partial charge in [0.1, 0.15) is 5.75 Å². The second kappa shape index (κ2) is 7.46. The molecule has 0 unspecified atom stereocenters. The predicted octanol–water partition coefficient (Wildman–Crippen LogP) is 4.70. The van der Waals surface area contributed by atoms with Crippen LogP contribution in [-0.4, -0.2) is 6.61 Å². The van der Waals surface area contributed by atoms with Gasteiger partial charge in [0.05, 0.1) is 6.61 Å². The molecule has 3 heteroatoms. The van der Waals surface area contributed by atoms with E-state index in [0.29, 0.717) is 12.6 Å². The van der Waals surface area contributed by atoms with E-state index in [1.165, 1.54) is 11.1 Å². The van der Waals surface area contributed by atoms with Gasteiger partial charge in [-0.05, 0) is 37.6 Å². The SMILES string of the molecule is CCOc1ccc(Br)cc1CN[C@H](C)c1ccccc1. The highest BCUT2D eigenvalue weighted by Gasteiger charge is 2.08. The average molecular weight is 334 g/mol. The molecule has 0 bridgehead atoms. The van der Waals surface area contributed by atoms with E-state index in [2.05, 4.69) is 58.5 Å². The van der Waals surface area contributed by atoms with Gasteiger partial charge >= 0.3 is 0 Å². The molecule has 106 valence electrons. The Morgan fingerprint density at radius 1 is 1.15 bits per heavy atom. The highest BCUT2D eigenvalue weighted by Crippen LogP contribution is 2.24. The lowest BCUT2D eigenvalue weighted by Gasteiger charge is -2.16. The van der Waals surface area contributed by atoms with Crippen LogP contribution < -0.4 is 10.1 Å². The summed E-state index contributed by atoms with van der Waals surface area (Å²) in [7, 11) is 0. The first-order chi connectivity index (χ1) is 9.70. The Balaban J connectivity index is 2.05. The fourth-order valence-corrected chi connectivity index (χ4v) is 2.51. The van der Waals surface area contributed by atoms with Gasteiger partial charge in [0, 0.05) is 22.6 Å². The standard InChI is InChI=1S/C17H20BrNO/c1-3-20-17-10-9-16(18)11-15(17)12-19-13(2)14-7-5-4-6-8-14/h4-11,13,19H,3,12H2,1-2H3/t13-/m1/s1. The molecule has 0 aliphatic rings. The maximum Gasteiger partial charge on any atom is 0.123 e. The summed E-state index contributed by atoms with van der Waals surface area (Å²) in [4.78, 5) is 0. The summed E-state index contributed by atoms with van der Waals surface area (Å²) >= 11 is 3.52. The van der Waals surface area contributed by atoms with Crippen molar-refractivity contribution in [3.05, 3.63) is 64.1 Å². The van der Waals surface area contributed by atoms with Crippen LogP contribution in [0.3, 0.4) is 0 Å². The van der Waals surface area contributed by atoms with Crippen molar-refractivity contribution in [1.82, 2.24) is 5.32 Å². The first-order valence-electron chi connectivity index (χ1n) is 6.90. The van der Waals surface area contributed by atoms with Crippen molar-refractivity contribution in [1.29, 1.82) is 0 Å². The lowest BCUT2D eigenvalue weighted by Crippen LogP contribution is -2.18. The molecule has 0 aliphatic heterocycles. The van der Waals surface area contributed by atoms with E-state index in [0.717, 1.165) is 16.8 Å². The summed E-state index contributed by atoms with van der Waals surface area (Å²) in [6.07, 6.45) is 0. The van der Waals surface area contributed by atoms with Gasteiger partial charge in [-0.1, -0.05) is 46.3 Å². The summed E-state index contributed by atoms with van der Waals surface area (Å²) in [6.45, 7) is 5.65. The number of hydrogen-bond acceptors (Lipinski definition) is 2. The minimum atomic E-state index is 0.310. The monoisotopic (exact) mass is 333 g/mol. The van der Waals surface area contributed by atoms with Crippen molar-refractivity contribution in [2.75, 3.05) is 6.61 Å². The second-order valence-electron chi connectivity index (χ2n) is 4.70. The van der Waals surface area contributed by atoms with Crippen molar-refractivity contribution >= 4 is 15.9 Å². The van der Waals surface area contributed by atoms with Crippen LogP contribution in [0.4, 0.5) is 0 Å². The zero-order valence-corrected chi connectivity index (χ0v) is 13.5. The Hall–Kier alpha value is -1.32. The molecule has 0 saturated heterocycles. The fourth-order valence-electron chi connectivity index (χ4n) is 2.11. The minimum Gasteiger partial charge on any atom is -0.494 e. The van der Waals surface area contributed by atoms with Crippen molar-refractivity contribution < 1.29 is 4.74 Å². The summed E-state index contributed by atoms with van der Waals surface area (Å²) < 4.78 is 6.74. The molecule has 1 atom stereocenters. The van der Waals surface area contributed by atoms with E-state index in [4.69, 9.17) is 4.74 Å². The van der Waals surface area contributed by atoms with Gasteiger partial charge < -0.3 is 10.1 Å². The Kier molecular flexibility index (Phi) is 5.62. The van der Waals surface area contributed by atoms with Crippen LogP contribution in [0.25, 0.3) is 0 Å². The first kappa shape index (κ1) is 15.1. The third kappa shape index (κ3) is 4.09. The summed E-state index contributed by atoms with van der Waals surface area (Å²) in [5.74, 6) is 0.948. The lowest BCUT2D eigenvalue weighted by molar-refractivity contribution is 0.335. The molecular formula is C17H20BrNO. The second-order valence-corrected chi connectivity index (χ2v) is 5.61. The zero-order chi connectivity index (χ0) is 14.4. The van der Waals surface area contributed by atoms with E-state index in [1.54, 1.807) is 0 Å². The molecule has 2 aromatic rings. The largest absolute Gasteiger partial charge is 0.494 e. The number of benzene rings is 2. The zero-order valence-electron chi connectivity index (χ0n) is 11.9. The summed E-state index contributed by atoms with van der Waals surface area (Å²) in [6, 6.07) is 16.9. The summed E-state index contributed by atoms with van der Waals surface area (Å²) in [5, 5.41) is 3.54. The molecule has 0 aromatic heterocycles. The van der Waals surface area contributed by atoms with Gasteiger partial charge in [0.15, 0.2) is 0 Å². The summed E-state index contributed by atoms with van der Waals surface area (Å²) in [5.41, 5.74) is 2.46. The maximum absolute atomic E-state index is 5.67. The quantitative estimate of drug-likeness (QED) is 0.827. The van der Waals surface area contributed by atoms with E-state index in [9.17, 15) is 0 Å². The molecule has 0 heterocycles. The number of ether oxygens (including phenoxy) is 1. The van der Waals surface area contributed by atoms with Gasteiger partial charge in [0.2, 0.25) is 0 Å². The number of hydrogen-bond donors (Lipinski definition) is 1. The van der Waals surface area contributed by atoms with Gasteiger partial charge in [-0.2, -0.15) is 0 Å². The van der Waals surface area contributed by atoms with Crippen LogP contribution in [0, 0.1) is 0 Å². The number of rotatable bonds is 6. The fraction of sp³-hybridized carbons (Fsp3) is 0.294. The minimum absolute atomic E-state index is 0.310. The predicted molar refractivity (Wildman–Crippen MR) is 87.0 cm³/mol. The van der Waals surface area contributed by atoms with E-state index >= 15 is 0 Å². The van der Waals surface area contributed by atoms with E-state index < -0.39 is 0 Å². The molecule has 0 amide bonds. The van der Waals surface area contributed by atoms with Gasteiger partial charge in [-0.15, -0.1) is 0 Å². The molecular weight excluding hydrogens is 314 g/mol. The van der Waals surface area contributed by atoms with Crippen LogP contribution in [0.15, 0.2) is 53.0 Å². The molecule has 1 N–H and O–H groups in total. The highest BCUT2D eigenvalue weighted by molar-refractivity contribution is 9.10. The molecule has 0 spiro atoms. The van der Waals surface area contributed by atoms with Gasteiger partial charge in [-0.3, -0.25) is 0 Å². The third-order valence-electron chi connectivity index (χ3n) is 3.22. The van der Waals surface area contributed by atoms with Crippen molar-refractivity contribution in [2.24, 2.45) is 0 Å². The maximum atomic E-state index is 5.67. The van der Waals surface area contributed by atoms with E-state index in [-0.39, 0.29) is 0 Å². The molecule has 0 aliphatic carbocycles. The molecule has 0 saturated carbocycles. The number of nitrogens with one attached hydrogen (secondary N) is 1. The Bertz CT molecular complexity index is 542. The lowest BCUT2D eigenvalue weighted by atomic mass is 10.1. The average Bonchev–Trinajstić information content (AvgIpc) is 2.48. The Morgan fingerprint density at radius 3 is 2.60 bits per heavy atom.